The highest BCUT2D eigenvalue weighted by Crippen LogP contribution is 2.32. The van der Waals surface area contributed by atoms with E-state index in [-0.39, 0.29) is 17.4 Å². The molecule has 25 heavy (non-hydrogen) atoms. The number of pyridine rings is 1. The Bertz CT molecular complexity index is 814. The second-order valence-corrected chi connectivity index (χ2v) is 5.24. The highest BCUT2D eigenvalue weighted by Gasteiger charge is 2.31. The van der Waals surface area contributed by atoms with Gasteiger partial charge in [-0.1, -0.05) is 11.6 Å². The van der Waals surface area contributed by atoms with Crippen LogP contribution in [0.15, 0.2) is 41.6 Å². The molecule has 0 radical (unpaired) electrons. The van der Waals surface area contributed by atoms with E-state index in [4.69, 9.17) is 21.6 Å². The van der Waals surface area contributed by atoms with Crippen LogP contribution in [0.1, 0.15) is 18.1 Å². The largest absolute Gasteiger partial charge is 0.479 e. The van der Waals surface area contributed by atoms with Crippen LogP contribution < -0.4 is 10.2 Å². The standard InChI is InChI=1S/C16H12ClF3N4O/c1-10(11-2-4-13(5-3-11)25-7-6-21)23-24-15-14(17)8-12(9-22-15)16(18,19)20/h2-5,8-9H,7H2,1H3,(H,22,24)/b23-10-. The van der Waals surface area contributed by atoms with E-state index >= 15 is 0 Å². The van der Waals surface area contributed by atoms with E-state index in [0.29, 0.717) is 17.7 Å². The average molecular weight is 369 g/mol. The van der Waals surface area contributed by atoms with E-state index in [0.717, 1.165) is 11.6 Å². The second kappa shape index (κ2) is 7.85. The Morgan fingerprint density at radius 3 is 2.60 bits per heavy atom. The fourth-order valence-electron chi connectivity index (χ4n) is 1.78. The zero-order chi connectivity index (χ0) is 18.4. The molecule has 0 atom stereocenters. The van der Waals surface area contributed by atoms with Crippen LogP contribution in [0.3, 0.4) is 0 Å². The lowest BCUT2D eigenvalue weighted by Gasteiger charge is -2.09. The van der Waals surface area contributed by atoms with Crippen molar-refractivity contribution in [1.82, 2.24) is 4.98 Å². The Kier molecular flexibility index (Phi) is 5.83. The number of aromatic nitrogens is 1. The summed E-state index contributed by atoms with van der Waals surface area (Å²) >= 11 is 5.80. The van der Waals surface area contributed by atoms with E-state index in [1.54, 1.807) is 31.2 Å². The molecule has 5 nitrogen and oxygen atoms in total. The number of nitriles is 1. The third-order valence-electron chi connectivity index (χ3n) is 3.07. The third-order valence-corrected chi connectivity index (χ3v) is 3.36. The van der Waals surface area contributed by atoms with E-state index in [1.165, 1.54) is 0 Å². The van der Waals surface area contributed by atoms with Gasteiger partial charge in [-0.2, -0.15) is 23.5 Å². The lowest BCUT2D eigenvalue weighted by Crippen LogP contribution is -2.07. The number of halogens is 4. The molecule has 0 bridgehead atoms. The van der Waals surface area contributed by atoms with Crippen LogP contribution in [0.2, 0.25) is 5.02 Å². The second-order valence-electron chi connectivity index (χ2n) is 4.83. The minimum atomic E-state index is -4.51. The van der Waals surface area contributed by atoms with Crippen LogP contribution in [0, 0.1) is 11.3 Å². The van der Waals surface area contributed by atoms with Crippen LogP contribution in [-0.4, -0.2) is 17.3 Å². The topological polar surface area (TPSA) is 70.3 Å². The first-order valence-electron chi connectivity index (χ1n) is 6.94. The minimum absolute atomic E-state index is 0.0167. The first kappa shape index (κ1) is 18.5. The van der Waals surface area contributed by atoms with Gasteiger partial charge in [0.25, 0.3) is 0 Å². The molecule has 0 spiro atoms. The smallest absolute Gasteiger partial charge is 0.417 e. The highest BCUT2D eigenvalue weighted by atomic mass is 35.5. The van der Waals surface area contributed by atoms with Crippen LogP contribution >= 0.6 is 11.6 Å². The summed E-state index contributed by atoms with van der Waals surface area (Å²) in [4.78, 5) is 3.64. The summed E-state index contributed by atoms with van der Waals surface area (Å²) in [5.41, 5.74) is 2.92. The van der Waals surface area contributed by atoms with E-state index in [2.05, 4.69) is 15.5 Å². The van der Waals surface area contributed by atoms with Crippen molar-refractivity contribution < 1.29 is 17.9 Å². The normalized spacial score (nSPS) is 11.8. The van der Waals surface area contributed by atoms with Crippen LogP contribution in [-0.2, 0) is 6.18 Å². The molecule has 0 saturated heterocycles. The Balaban J connectivity index is 2.09. The average Bonchev–Trinajstić information content (AvgIpc) is 2.58. The number of hydrogen-bond donors (Lipinski definition) is 1. The summed E-state index contributed by atoms with van der Waals surface area (Å²) in [7, 11) is 0. The molecule has 0 fully saturated rings. The van der Waals surface area contributed by atoms with Gasteiger partial charge in [-0.05, 0) is 42.8 Å². The van der Waals surface area contributed by atoms with Crippen molar-refractivity contribution in [2.45, 2.75) is 13.1 Å². The number of hydrazone groups is 1. The fourth-order valence-corrected chi connectivity index (χ4v) is 1.99. The first-order valence-corrected chi connectivity index (χ1v) is 7.32. The summed E-state index contributed by atoms with van der Waals surface area (Å²) in [6.45, 7) is 1.65. The Labute approximate surface area is 146 Å². The molecule has 130 valence electrons. The first-order chi connectivity index (χ1) is 11.8. The number of nitrogens with zero attached hydrogens (tertiary/aromatic N) is 3. The number of benzene rings is 1. The molecule has 0 aliphatic rings. The van der Waals surface area contributed by atoms with Crippen molar-refractivity contribution >= 4 is 23.1 Å². The molecule has 0 aliphatic carbocycles. The molecule has 1 heterocycles. The summed E-state index contributed by atoms with van der Waals surface area (Å²) in [6.07, 6.45) is -3.83. The summed E-state index contributed by atoms with van der Waals surface area (Å²) in [6, 6.07) is 9.46. The summed E-state index contributed by atoms with van der Waals surface area (Å²) in [5, 5.41) is 12.3. The zero-order valence-electron chi connectivity index (χ0n) is 12.9. The van der Waals surface area contributed by atoms with Gasteiger partial charge in [-0.15, -0.1) is 0 Å². The zero-order valence-corrected chi connectivity index (χ0v) is 13.7. The molecule has 0 aliphatic heterocycles. The SMILES string of the molecule is C/C(=N/Nc1ncc(C(F)(F)F)cc1Cl)c1ccc(OCC#N)cc1. The Morgan fingerprint density at radius 2 is 2.04 bits per heavy atom. The quantitative estimate of drug-likeness (QED) is 0.623. The molecule has 0 unspecified atom stereocenters. The molecular weight excluding hydrogens is 357 g/mol. The summed E-state index contributed by atoms with van der Waals surface area (Å²) < 4.78 is 42.8. The number of rotatable bonds is 5. The van der Waals surface area contributed by atoms with Crippen molar-refractivity contribution in [2.75, 3.05) is 12.0 Å². The van der Waals surface area contributed by atoms with Gasteiger partial charge in [-0.3, -0.25) is 5.43 Å². The monoisotopic (exact) mass is 368 g/mol. The number of nitrogens with one attached hydrogen (secondary N) is 1. The van der Waals surface area contributed by atoms with E-state index < -0.39 is 11.7 Å². The van der Waals surface area contributed by atoms with Gasteiger partial charge < -0.3 is 4.74 Å². The molecule has 9 heteroatoms. The van der Waals surface area contributed by atoms with Gasteiger partial charge in [0.05, 0.1) is 16.3 Å². The van der Waals surface area contributed by atoms with Crippen molar-refractivity contribution in [3.63, 3.8) is 0 Å². The lowest BCUT2D eigenvalue weighted by molar-refractivity contribution is -0.137. The highest BCUT2D eigenvalue weighted by molar-refractivity contribution is 6.33. The van der Waals surface area contributed by atoms with Crippen molar-refractivity contribution in [2.24, 2.45) is 5.10 Å². The van der Waals surface area contributed by atoms with E-state index in [1.807, 2.05) is 6.07 Å². The molecule has 1 aromatic carbocycles. The maximum absolute atomic E-state index is 12.6. The van der Waals surface area contributed by atoms with E-state index in [9.17, 15) is 13.2 Å². The van der Waals surface area contributed by atoms with Gasteiger partial charge >= 0.3 is 6.18 Å². The van der Waals surface area contributed by atoms with Gasteiger partial charge in [-0.25, -0.2) is 4.98 Å². The molecule has 2 rings (SSSR count). The maximum atomic E-state index is 12.6. The number of anilines is 1. The molecule has 0 saturated carbocycles. The molecule has 0 amide bonds. The Morgan fingerprint density at radius 1 is 1.36 bits per heavy atom. The summed E-state index contributed by atoms with van der Waals surface area (Å²) in [5.74, 6) is 0.557. The minimum Gasteiger partial charge on any atom is -0.479 e. The number of alkyl halides is 3. The molecule has 1 aromatic heterocycles. The number of ether oxygens (including phenoxy) is 1. The van der Waals surface area contributed by atoms with Crippen LogP contribution in [0.5, 0.6) is 5.75 Å². The van der Waals surface area contributed by atoms with Crippen molar-refractivity contribution in [3.8, 4) is 11.8 Å². The van der Waals surface area contributed by atoms with Gasteiger partial charge in [0.1, 0.15) is 11.8 Å². The predicted octanol–water partition coefficient (Wildman–Crippen LogP) is 4.49. The fraction of sp³-hybridized carbons (Fsp3) is 0.188. The third kappa shape index (κ3) is 5.09. The molecular formula is C16H12ClF3N4O. The van der Waals surface area contributed by atoms with Gasteiger partial charge in [0.2, 0.25) is 0 Å². The predicted molar refractivity (Wildman–Crippen MR) is 87.6 cm³/mol. The van der Waals surface area contributed by atoms with Crippen molar-refractivity contribution in [1.29, 1.82) is 5.26 Å². The van der Waals surface area contributed by atoms with Gasteiger partial charge in [0.15, 0.2) is 12.4 Å². The maximum Gasteiger partial charge on any atom is 0.417 e. The van der Waals surface area contributed by atoms with Crippen LogP contribution in [0.25, 0.3) is 0 Å². The van der Waals surface area contributed by atoms with Crippen LogP contribution in [0.4, 0.5) is 19.0 Å². The molecule has 2 aromatic rings. The van der Waals surface area contributed by atoms with Crippen molar-refractivity contribution in [3.05, 3.63) is 52.7 Å². The Hall–Kier alpha value is -2.79. The van der Waals surface area contributed by atoms with Gasteiger partial charge in [0, 0.05) is 6.20 Å². The lowest BCUT2D eigenvalue weighted by atomic mass is 10.1. The number of hydrogen-bond acceptors (Lipinski definition) is 5. The molecule has 1 N–H and O–H groups in total.